The first-order valence-corrected chi connectivity index (χ1v) is 4.75. The van der Waals surface area contributed by atoms with Crippen LogP contribution in [0.5, 0.6) is 0 Å². The summed E-state index contributed by atoms with van der Waals surface area (Å²) >= 11 is 5.71. The number of halogens is 1. The maximum Gasteiger partial charge on any atom is 0.0866 e. The maximum atomic E-state index is 8.49. The van der Waals surface area contributed by atoms with E-state index in [0.29, 0.717) is 11.6 Å². The summed E-state index contributed by atoms with van der Waals surface area (Å²) in [5.74, 6) is 0. The van der Waals surface area contributed by atoms with Crippen LogP contribution in [-0.4, -0.2) is 49.1 Å². The lowest BCUT2D eigenvalue weighted by Crippen LogP contribution is -2.46. The van der Waals surface area contributed by atoms with Gasteiger partial charge in [0.2, 0.25) is 0 Å². The van der Waals surface area contributed by atoms with Crippen molar-refractivity contribution in [1.82, 2.24) is 9.80 Å². The third kappa shape index (κ3) is 3.77. The molecule has 1 heterocycles. The monoisotopic (exact) mass is 199 g/mol. The van der Waals surface area contributed by atoms with Gasteiger partial charge in [-0.1, -0.05) is 18.2 Å². The topological polar surface area (TPSA) is 30.3 Å². The minimum absolute atomic E-state index is 0.537. The predicted octanol–water partition coefficient (Wildman–Crippen LogP) is 0.880. The second-order valence-electron chi connectivity index (χ2n) is 3.23. The molecule has 1 aliphatic rings. The van der Waals surface area contributed by atoms with Crippen LogP contribution in [0.25, 0.3) is 0 Å². The van der Waals surface area contributed by atoms with Crippen LogP contribution in [0.3, 0.4) is 0 Å². The Labute approximate surface area is 84.2 Å². The molecule has 0 aromatic heterocycles. The van der Waals surface area contributed by atoms with Gasteiger partial charge in [-0.2, -0.15) is 5.26 Å². The molecular formula is C9H14ClN3. The van der Waals surface area contributed by atoms with Crippen LogP contribution in [0, 0.1) is 11.3 Å². The van der Waals surface area contributed by atoms with Crippen LogP contribution in [0.15, 0.2) is 11.6 Å². The Kier molecular flexibility index (Phi) is 4.23. The molecule has 0 unspecified atom stereocenters. The summed E-state index contributed by atoms with van der Waals surface area (Å²) in [5.41, 5.74) is 0. The minimum Gasteiger partial charge on any atom is -0.296 e. The average molecular weight is 200 g/mol. The van der Waals surface area contributed by atoms with Crippen LogP contribution >= 0.6 is 11.6 Å². The van der Waals surface area contributed by atoms with E-state index < -0.39 is 0 Å². The number of piperazine rings is 1. The van der Waals surface area contributed by atoms with Gasteiger partial charge in [0.1, 0.15) is 0 Å². The molecule has 0 aliphatic carbocycles. The van der Waals surface area contributed by atoms with Crippen LogP contribution in [-0.2, 0) is 0 Å². The molecule has 1 fully saturated rings. The highest BCUT2D eigenvalue weighted by Gasteiger charge is 2.15. The molecule has 0 atom stereocenters. The highest BCUT2D eigenvalue weighted by atomic mass is 35.5. The largest absolute Gasteiger partial charge is 0.296 e. The van der Waals surface area contributed by atoms with E-state index in [9.17, 15) is 0 Å². The van der Waals surface area contributed by atoms with E-state index in [1.807, 2.05) is 0 Å². The normalized spacial score (nSPS) is 19.7. The zero-order chi connectivity index (χ0) is 9.68. The molecule has 4 heteroatoms. The van der Waals surface area contributed by atoms with Gasteiger partial charge in [-0.3, -0.25) is 9.80 Å². The van der Waals surface area contributed by atoms with Gasteiger partial charge in [0.15, 0.2) is 0 Å². The average Bonchev–Trinajstić information content (AvgIpc) is 2.08. The van der Waals surface area contributed by atoms with Crippen LogP contribution in [0.2, 0.25) is 0 Å². The van der Waals surface area contributed by atoms with Crippen molar-refractivity contribution in [3.8, 4) is 6.07 Å². The van der Waals surface area contributed by atoms with Crippen LogP contribution < -0.4 is 0 Å². The van der Waals surface area contributed by atoms with Crippen LogP contribution in [0.1, 0.15) is 0 Å². The van der Waals surface area contributed by atoms with E-state index in [2.05, 4.69) is 22.4 Å². The number of nitriles is 1. The third-order valence-electron chi connectivity index (χ3n) is 2.15. The standard InChI is InChI=1S/C9H14ClN3/c1-9(10)8-13-6-4-12(3-2-11)5-7-13/h1,3-8H2. The van der Waals surface area contributed by atoms with E-state index in [1.54, 1.807) is 0 Å². The molecule has 1 rings (SSSR count). The molecule has 0 amide bonds. The van der Waals surface area contributed by atoms with Gasteiger partial charge >= 0.3 is 0 Å². The fraction of sp³-hybridized carbons (Fsp3) is 0.667. The Morgan fingerprint density at radius 2 is 1.85 bits per heavy atom. The summed E-state index contributed by atoms with van der Waals surface area (Å²) in [4.78, 5) is 4.40. The summed E-state index contributed by atoms with van der Waals surface area (Å²) in [7, 11) is 0. The quantitative estimate of drug-likeness (QED) is 0.633. The molecule has 0 bridgehead atoms. The fourth-order valence-corrected chi connectivity index (χ4v) is 1.62. The number of rotatable bonds is 3. The Morgan fingerprint density at radius 3 is 2.31 bits per heavy atom. The van der Waals surface area contributed by atoms with Gasteiger partial charge in [-0.05, 0) is 0 Å². The first kappa shape index (κ1) is 10.5. The van der Waals surface area contributed by atoms with Gasteiger partial charge in [0.05, 0.1) is 12.6 Å². The highest BCUT2D eigenvalue weighted by Crippen LogP contribution is 2.05. The third-order valence-corrected chi connectivity index (χ3v) is 2.27. The number of hydrogen-bond acceptors (Lipinski definition) is 3. The Morgan fingerprint density at radius 1 is 1.31 bits per heavy atom. The molecule has 0 aromatic carbocycles. The van der Waals surface area contributed by atoms with Crippen molar-refractivity contribution in [3.05, 3.63) is 11.6 Å². The molecule has 0 saturated carbocycles. The van der Waals surface area contributed by atoms with Gasteiger partial charge in [0.25, 0.3) is 0 Å². The SMILES string of the molecule is C=C(Cl)CN1CCN(CC#N)CC1. The molecular weight excluding hydrogens is 186 g/mol. The van der Waals surface area contributed by atoms with Crippen molar-refractivity contribution in [3.63, 3.8) is 0 Å². The van der Waals surface area contributed by atoms with Crippen molar-refractivity contribution < 1.29 is 0 Å². The highest BCUT2D eigenvalue weighted by molar-refractivity contribution is 6.29. The van der Waals surface area contributed by atoms with E-state index in [0.717, 1.165) is 32.7 Å². The van der Waals surface area contributed by atoms with Crippen molar-refractivity contribution in [2.24, 2.45) is 0 Å². The summed E-state index contributed by atoms with van der Waals surface area (Å²) < 4.78 is 0. The maximum absolute atomic E-state index is 8.49. The van der Waals surface area contributed by atoms with Gasteiger partial charge < -0.3 is 0 Å². The summed E-state index contributed by atoms with van der Waals surface area (Å²) in [6, 6.07) is 2.16. The van der Waals surface area contributed by atoms with Crippen molar-refractivity contribution in [1.29, 1.82) is 5.26 Å². The van der Waals surface area contributed by atoms with Gasteiger partial charge in [-0.15, -0.1) is 0 Å². The molecule has 13 heavy (non-hydrogen) atoms. The molecule has 0 spiro atoms. The van der Waals surface area contributed by atoms with E-state index in [4.69, 9.17) is 16.9 Å². The molecule has 1 saturated heterocycles. The number of hydrogen-bond donors (Lipinski definition) is 0. The molecule has 0 N–H and O–H groups in total. The smallest absolute Gasteiger partial charge is 0.0866 e. The summed E-state index contributed by atoms with van der Waals surface area (Å²) in [5, 5.41) is 9.18. The van der Waals surface area contributed by atoms with Crippen molar-refractivity contribution in [2.45, 2.75) is 0 Å². The lowest BCUT2D eigenvalue weighted by atomic mass is 10.3. The Bertz CT molecular complexity index is 213. The Hall–Kier alpha value is -0.560. The van der Waals surface area contributed by atoms with E-state index >= 15 is 0 Å². The molecule has 3 nitrogen and oxygen atoms in total. The molecule has 0 radical (unpaired) electrons. The summed E-state index contributed by atoms with van der Waals surface area (Å²) in [6.45, 7) is 8.84. The van der Waals surface area contributed by atoms with E-state index in [1.165, 1.54) is 0 Å². The molecule has 1 aliphatic heterocycles. The van der Waals surface area contributed by atoms with Crippen molar-refractivity contribution >= 4 is 11.6 Å². The first-order valence-electron chi connectivity index (χ1n) is 4.37. The second kappa shape index (κ2) is 5.23. The lowest BCUT2D eigenvalue weighted by Gasteiger charge is -2.32. The van der Waals surface area contributed by atoms with E-state index in [-0.39, 0.29) is 0 Å². The van der Waals surface area contributed by atoms with Crippen molar-refractivity contribution in [2.75, 3.05) is 39.3 Å². The van der Waals surface area contributed by atoms with Gasteiger partial charge in [0, 0.05) is 37.8 Å². The molecule has 72 valence electrons. The Balaban J connectivity index is 2.23. The molecule has 0 aromatic rings. The van der Waals surface area contributed by atoms with Crippen LogP contribution in [0.4, 0.5) is 0 Å². The zero-order valence-electron chi connectivity index (χ0n) is 7.67. The fourth-order valence-electron chi connectivity index (χ4n) is 1.45. The predicted molar refractivity (Wildman–Crippen MR) is 53.5 cm³/mol. The zero-order valence-corrected chi connectivity index (χ0v) is 8.43. The number of nitrogens with zero attached hydrogens (tertiary/aromatic N) is 3. The minimum atomic E-state index is 0.537. The second-order valence-corrected chi connectivity index (χ2v) is 3.76. The lowest BCUT2D eigenvalue weighted by molar-refractivity contribution is 0.154. The first-order chi connectivity index (χ1) is 6.22. The van der Waals surface area contributed by atoms with Gasteiger partial charge in [-0.25, -0.2) is 0 Å². The summed E-state index contributed by atoms with van der Waals surface area (Å²) in [6.07, 6.45) is 0.